The number of piperidine rings is 1. The maximum atomic E-state index is 13.9. The van der Waals surface area contributed by atoms with Gasteiger partial charge < -0.3 is 9.64 Å². The van der Waals surface area contributed by atoms with Gasteiger partial charge in [0, 0.05) is 42.0 Å². The highest BCUT2D eigenvalue weighted by atomic mass is 35.5. The molecule has 5 rings (SSSR count). The number of ketones is 1. The number of Topliss-reactive ketones (excluding diaryl/α,β-unsaturated/α-hetero) is 1. The maximum Gasteiger partial charge on any atom is 0.254 e. The minimum absolute atomic E-state index is 0.0293. The van der Waals surface area contributed by atoms with E-state index in [4.69, 9.17) is 16.3 Å². The summed E-state index contributed by atoms with van der Waals surface area (Å²) in [5, 5.41) is 1.10. The van der Waals surface area contributed by atoms with Crippen LogP contribution in [0.4, 0.5) is 4.39 Å². The number of carbonyl (C=O) groups excluding carboxylic acids is 2. The quantitative estimate of drug-likeness (QED) is 0.469. The summed E-state index contributed by atoms with van der Waals surface area (Å²) in [6.07, 6.45) is 1.35. The van der Waals surface area contributed by atoms with E-state index in [1.807, 2.05) is 26.8 Å². The van der Waals surface area contributed by atoms with E-state index in [0.717, 1.165) is 11.1 Å². The lowest BCUT2D eigenvalue weighted by molar-refractivity contribution is -0.00576. The van der Waals surface area contributed by atoms with Gasteiger partial charge in [0.2, 0.25) is 0 Å². The lowest BCUT2D eigenvalue weighted by atomic mass is 9.81. The molecule has 2 aliphatic heterocycles. The normalized spacial score (nSPS) is 17.2. The average Bonchev–Trinajstić information content (AvgIpc) is 2.77. The van der Waals surface area contributed by atoms with Gasteiger partial charge in [0.05, 0.1) is 23.1 Å². The molecule has 3 aromatic rings. The number of carbonyl (C=O) groups is 2. The standard InChI is InChI=1S/C26H24ClFN2O3/c1-14-10-22-23(16(3)24(14)27)21(31)13-26(33-22)6-8-30(9-7-26)25(32)19-11-15(2)29-20-5-4-17(28)12-18(19)20/h4-5,10-12H,6-9,13H2,1-3H3. The predicted molar refractivity (Wildman–Crippen MR) is 125 cm³/mol. The molecule has 0 saturated carbocycles. The van der Waals surface area contributed by atoms with Gasteiger partial charge in [-0.2, -0.15) is 0 Å². The smallest absolute Gasteiger partial charge is 0.254 e. The van der Waals surface area contributed by atoms with E-state index < -0.39 is 11.4 Å². The summed E-state index contributed by atoms with van der Waals surface area (Å²) >= 11 is 6.35. The highest BCUT2D eigenvalue weighted by Gasteiger charge is 2.44. The number of hydrogen-bond acceptors (Lipinski definition) is 4. The Balaban J connectivity index is 1.40. The van der Waals surface area contributed by atoms with Crippen molar-refractivity contribution in [2.45, 2.75) is 45.6 Å². The minimum Gasteiger partial charge on any atom is -0.486 e. The number of pyridine rings is 1. The fourth-order valence-electron chi connectivity index (χ4n) is 5.07. The van der Waals surface area contributed by atoms with Crippen molar-refractivity contribution in [1.29, 1.82) is 0 Å². The first-order valence-electron chi connectivity index (χ1n) is 11.1. The molecule has 1 aromatic heterocycles. The highest BCUT2D eigenvalue weighted by molar-refractivity contribution is 6.32. The lowest BCUT2D eigenvalue weighted by Gasteiger charge is -2.44. The molecule has 0 aliphatic carbocycles. The molecule has 2 aromatic carbocycles. The van der Waals surface area contributed by atoms with Crippen LogP contribution in [0.15, 0.2) is 30.3 Å². The van der Waals surface area contributed by atoms with Gasteiger partial charge in [-0.25, -0.2) is 4.39 Å². The second kappa shape index (κ2) is 7.80. The van der Waals surface area contributed by atoms with Crippen LogP contribution in [0.5, 0.6) is 5.75 Å². The molecular weight excluding hydrogens is 443 g/mol. The Bertz CT molecular complexity index is 1330. The number of hydrogen-bond donors (Lipinski definition) is 0. The number of nitrogens with zero attached hydrogens (tertiary/aromatic N) is 2. The molecule has 0 atom stereocenters. The molecule has 0 N–H and O–H groups in total. The van der Waals surface area contributed by atoms with Crippen LogP contribution in [0.25, 0.3) is 10.9 Å². The first kappa shape index (κ1) is 21.8. The first-order valence-corrected chi connectivity index (χ1v) is 11.4. The molecule has 1 fully saturated rings. The molecule has 0 radical (unpaired) electrons. The van der Waals surface area contributed by atoms with Crippen LogP contribution in [0.1, 0.15) is 56.8 Å². The molecule has 0 unspecified atom stereocenters. The summed E-state index contributed by atoms with van der Waals surface area (Å²) in [7, 11) is 0. The summed E-state index contributed by atoms with van der Waals surface area (Å²) < 4.78 is 20.3. The number of likely N-dealkylation sites (tertiary alicyclic amines) is 1. The molecule has 0 bridgehead atoms. The van der Waals surface area contributed by atoms with Crippen LogP contribution < -0.4 is 4.74 Å². The van der Waals surface area contributed by atoms with Crippen molar-refractivity contribution in [3.05, 3.63) is 69.1 Å². The van der Waals surface area contributed by atoms with Crippen molar-refractivity contribution in [3.8, 4) is 5.75 Å². The number of rotatable bonds is 1. The molecular formula is C26H24ClFN2O3. The Labute approximate surface area is 196 Å². The monoisotopic (exact) mass is 466 g/mol. The van der Waals surface area contributed by atoms with E-state index in [2.05, 4.69) is 4.98 Å². The molecule has 1 saturated heterocycles. The van der Waals surface area contributed by atoms with Crippen LogP contribution in [0.2, 0.25) is 5.02 Å². The fourth-order valence-corrected chi connectivity index (χ4v) is 5.22. The Morgan fingerprint density at radius 2 is 1.88 bits per heavy atom. The number of benzene rings is 2. The summed E-state index contributed by atoms with van der Waals surface area (Å²) in [5.74, 6) is 0.0449. The predicted octanol–water partition coefficient (Wildman–Crippen LogP) is 5.59. The van der Waals surface area contributed by atoms with E-state index >= 15 is 0 Å². The summed E-state index contributed by atoms with van der Waals surface area (Å²) in [6, 6.07) is 7.84. The number of aromatic nitrogens is 1. The van der Waals surface area contributed by atoms with Gasteiger partial charge in [0.25, 0.3) is 5.91 Å². The lowest BCUT2D eigenvalue weighted by Crippen LogP contribution is -2.52. The minimum atomic E-state index is -0.629. The Morgan fingerprint density at radius 3 is 2.61 bits per heavy atom. The first-order chi connectivity index (χ1) is 15.7. The summed E-state index contributed by atoms with van der Waals surface area (Å²) in [5.41, 5.74) is 3.30. The van der Waals surface area contributed by atoms with Crippen molar-refractivity contribution in [3.63, 3.8) is 0 Å². The third-order valence-electron chi connectivity index (χ3n) is 6.82. The molecule has 7 heteroatoms. The van der Waals surface area contributed by atoms with Crippen molar-refractivity contribution in [2.24, 2.45) is 0 Å². The van der Waals surface area contributed by atoms with Crippen molar-refractivity contribution >= 4 is 34.2 Å². The Morgan fingerprint density at radius 1 is 1.15 bits per heavy atom. The van der Waals surface area contributed by atoms with Crippen molar-refractivity contribution in [1.82, 2.24) is 9.88 Å². The van der Waals surface area contributed by atoms with Gasteiger partial charge in [-0.1, -0.05) is 11.6 Å². The topological polar surface area (TPSA) is 59.5 Å². The molecule has 33 heavy (non-hydrogen) atoms. The summed E-state index contributed by atoms with van der Waals surface area (Å²) in [4.78, 5) is 32.6. The second-order valence-electron chi connectivity index (χ2n) is 9.16. The van der Waals surface area contributed by atoms with Crippen LogP contribution in [0, 0.1) is 26.6 Å². The SMILES string of the molecule is Cc1cc(C(=O)N2CCC3(CC2)CC(=O)c2c(cc(C)c(Cl)c2C)O3)c2cc(F)ccc2n1. The van der Waals surface area contributed by atoms with Crippen LogP contribution >= 0.6 is 11.6 Å². The highest BCUT2D eigenvalue weighted by Crippen LogP contribution is 2.43. The zero-order chi connectivity index (χ0) is 23.5. The van der Waals surface area contributed by atoms with Crippen molar-refractivity contribution < 1.29 is 18.7 Å². The van der Waals surface area contributed by atoms with E-state index in [-0.39, 0.29) is 18.1 Å². The number of amides is 1. The van der Waals surface area contributed by atoms with E-state index in [1.165, 1.54) is 12.1 Å². The van der Waals surface area contributed by atoms with Gasteiger partial charge in [-0.05, 0) is 62.2 Å². The Kier molecular flexibility index (Phi) is 5.16. The molecule has 1 spiro atoms. The van der Waals surface area contributed by atoms with Crippen LogP contribution in [-0.4, -0.2) is 40.3 Å². The van der Waals surface area contributed by atoms with Crippen molar-refractivity contribution in [2.75, 3.05) is 13.1 Å². The van der Waals surface area contributed by atoms with E-state index in [0.29, 0.717) is 64.4 Å². The van der Waals surface area contributed by atoms with E-state index in [9.17, 15) is 14.0 Å². The third kappa shape index (κ3) is 3.66. The number of ether oxygens (including phenoxy) is 1. The molecule has 3 heterocycles. The number of fused-ring (bicyclic) bond motifs is 2. The zero-order valence-corrected chi connectivity index (χ0v) is 19.6. The average molecular weight is 467 g/mol. The molecule has 170 valence electrons. The molecule has 1 amide bonds. The Hall–Kier alpha value is -2.99. The van der Waals surface area contributed by atoms with Gasteiger partial charge in [-0.3, -0.25) is 14.6 Å². The van der Waals surface area contributed by atoms with Gasteiger partial charge in [0.15, 0.2) is 5.78 Å². The van der Waals surface area contributed by atoms with E-state index in [1.54, 1.807) is 17.0 Å². The van der Waals surface area contributed by atoms with Crippen LogP contribution in [-0.2, 0) is 0 Å². The number of aryl methyl sites for hydroxylation is 2. The fraction of sp³-hybridized carbons (Fsp3) is 0.346. The zero-order valence-electron chi connectivity index (χ0n) is 18.8. The second-order valence-corrected chi connectivity index (χ2v) is 9.53. The van der Waals surface area contributed by atoms with Gasteiger partial charge in [-0.15, -0.1) is 0 Å². The summed E-state index contributed by atoms with van der Waals surface area (Å²) in [6.45, 7) is 6.46. The van der Waals surface area contributed by atoms with Gasteiger partial charge >= 0.3 is 0 Å². The molecule has 2 aliphatic rings. The molecule has 5 nitrogen and oxygen atoms in total. The van der Waals surface area contributed by atoms with Crippen LogP contribution in [0.3, 0.4) is 0 Å². The van der Waals surface area contributed by atoms with Gasteiger partial charge in [0.1, 0.15) is 17.2 Å². The maximum absolute atomic E-state index is 13.9. The largest absolute Gasteiger partial charge is 0.486 e. The number of halogens is 2. The third-order valence-corrected chi connectivity index (χ3v) is 7.41.